The van der Waals surface area contributed by atoms with Crippen LogP contribution in [0.5, 0.6) is 0 Å². The first kappa shape index (κ1) is 13.3. The molecule has 1 atom stereocenters. The molecule has 1 heterocycles. The van der Waals surface area contributed by atoms with E-state index in [2.05, 4.69) is 17.0 Å². The van der Waals surface area contributed by atoms with Crippen LogP contribution in [-0.2, 0) is 4.74 Å². The van der Waals surface area contributed by atoms with Gasteiger partial charge in [-0.1, -0.05) is 19.0 Å². The molecule has 1 aliphatic heterocycles. The molecule has 1 saturated heterocycles. The second-order valence-corrected chi connectivity index (χ2v) is 5.08. The van der Waals surface area contributed by atoms with E-state index in [1.165, 1.54) is 0 Å². The van der Waals surface area contributed by atoms with Crippen molar-refractivity contribution in [2.75, 3.05) is 26.3 Å². The van der Waals surface area contributed by atoms with Crippen molar-refractivity contribution in [3.63, 3.8) is 0 Å². The fourth-order valence-electron chi connectivity index (χ4n) is 1.78. The lowest BCUT2D eigenvalue weighted by Crippen LogP contribution is -2.46. The Kier molecular flexibility index (Phi) is 4.56. The maximum absolute atomic E-state index is 8.69. The lowest BCUT2D eigenvalue weighted by molar-refractivity contribution is -0.00315. The van der Waals surface area contributed by atoms with E-state index in [9.17, 15) is 0 Å². The Bertz CT molecular complexity index is 254. The zero-order valence-electron chi connectivity index (χ0n) is 10.4. The first-order valence-corrected chi connectivity index (χ1v) is 5.77. The highest BCUT2D eigenvalue weighted by Gasteiger charge is 2.26. The average molecular weight is 229 g/mol. The zero-order valence-corrected chi connectivity index (χ0v) is 10.4. The summed E-state index contributed by atoms with van der Waals surface area (Å²) in [6.45, 7) is 9.66. The Morgan fingerprint density at radius 3 is 2.88 bits per heavy atom. The first-order chi connectivity index (χ1) is 7.47. The van der Waals surface area contributed by atoms with Gasteiger partial charge < -0.3 is 15.7 Å². The number of amidine groups is 1. The zero-order chi connectivity index (χ0) is 12.2. The second kappa shape index (κ2) is 5.50. The molecule has 16 heavy (non-hydrogen) atoms. The van der Waals surface area contributed by atoms with Crippen molar-refractivity contribution in [1.29, 1.82) is 0 Å². The lowest BCUT2D eigenvalue weighted by atomic mass is 9.87. The van der Waals surface area contributed by atoms with Gasteiger partial charge in [0.1, 0.15) is 5.84 Å². The number of hydrogen-bond acceptors (Lipinski definition) is 4. The third-order valence-electron chi connectivity index (χ3n) is 3.33. The van der Waals surface area contributed by atoms with Crippen molar-refractivity contribution >= 4 is 5.84 Å². The van der Waals surface area contributed by atoms with Crippen LogP contribution in [0.4, 0.5) is 0 Å². The number of ether oxygens (including phenoxy) is 1. The van der Waals surface area contributed by atoms with Gasteiger partial charge in [-0.2, -0.15) is 0 Å². The monoisotopic (exact) mass is 229 g/mol. The van der Waals surface area contributed by atoms with E-state index in [-0.39, 0.29) is 5.41 Å². The summed E-state index contributed by atoms with van der Waals surface area (Å²) in [5.74, 6) is 0.299. The second-order valence-electron chi connectivity index (χ2n) is 5.08. The highest BCUT2D eigenvalue weighted by Crippen LogP contribution is 2.22. The van der Waals surface area contributed by atoms with Gasteiger partial charge in [-0.3, -0.25) is 4.90 Å². The molecule has 0 aromatic carbocycles. The van der Waals surface area contributed by atoms with Crippen LogP contribution < -0.4 is 5.73 Å². The maximum atomic E-state index is 8.69. The third-order valence-corrected chi connectivity index (χ3v) is 3.33. The quantitative estimate of drug-likeness (QED) is 0.325. The van der Waals surface area contributed by atoms with Crippen LogP contribution in [0, 0.1) is 5.41 Å². The van der Waals surface area contributed by atoms with Crippen LogP contribution in [0.3, 0.4) is 0 Å². The Hall–Kier alpha value is -0.810. The van der Waals surface area contributed by atoms with Crippen LogP contribution in [0.25, 0.3) is 0 Å². The van der Waals surface area contributed by atoms with Crippen molar-refractivity contribution in [3.05, 3.63) is 0 Å². The summed E-state index contributed by atoms with van der Waals surface area (Å²) in [5.41, 5.74) is 5.40. The van der Waals surface area contributed by atoms with Gasteiger partial charge >= 0.3 is 0 Å². The van der Waals surface area contributed by atoms with E-state index in [1.807, 2.05) is 13.8 Å². The van der Waals surface area contributed by atoms with Gasteiger partial charge in [0.25, 0.3) is 0 Å². The summed E-state index contributed by atoms with van der Waals surface area (Å²) in [6.07, 6.45) is 0.882. The standard InChI is InChI=1S/C11H23N3O2/c1-9-8-16-7-6-14(9)5-4-11(2,3)10(12)13-15/h9,15H,4-8H2,1-3H3,(H2,12,13). The van der Waals surface area contributed by atoms with Gasteiger partial charge in [-0.15, -0.1) is 0 Å². The van der Waals surface area contributed by atoms with Crippen molar-refractivity contribution < 1.29 is 9.94 Å². The Labute approximate surface area is 97.2 Å². The minimum absolute atomic E-state index is 0.257. The van der Waals surface area contributed by atoms with E-state index >= 15 is 0 Å². The predicted octanol–water partition coefficient (Wildman–Crippen LogP) is 0.870. The van der Waals surface area contributed by atoms with Crippen LogP contribution in [0.1, 0.15) is 27.2 Å². The molecule has 1 rings (SSSR count). The molecule has 1 fully saturated rings. The van der Waals surface area contributed by atoms with Crippen LogP contribution >= 0.6 is 0 Å². The Morgan fingerprint density at radius 1 is 1.62 bits per heavy atom. The highest BCUT2D eigenvalue weighted by atomic mass is 16.5. The number of nitrogens with zero attached hydrogens (tertiary/aromatic N) is 2. The third kappa shape index (κ3) is 3.35. The Balaban J connectivity index is 2.44. The first-order valence-electron chi connectivity index (χ1n) is 5.77. The maximum Gasteiger partial charge on any atom is 0.144 e. The molecular formula is C11H23N3O2. The molecule has 1 aliphatic rings. The molecule has 0 radical (unpaired) electrons. The van der Waals surface area contributed by atoms with Crippen LogP contribution in [-0.4, -0.2) is 48.3 Å². The molecule has 5 nitrogen and oxygen atoms in total. The molecule has 0 aromatic rings. The van der Waals surface area contributed by atoms with Gasteiger partial charge in [0.15, 0.2) is 0 Å². The van der Waals surface area contributed by atoms with Gasteiger partial charge in [0.2, 0.25) is 0 Å². The fraction of sp³-hybridized carbons (Fsp3) is 0.909. The van der Waals surface area contributed by atoms with Crippen LogP contribution in [0.15, 0.2) is 5.16 Å². The molecule has 0 amide bonds. The van der Waals surface area contributed by atoms with E-state index in [0.29, 0.717) is 11.9 Å². The summed E-state index contributed by atoms with van der Waals surface area (Å²) in [7, 11) is 0. The van der Waals surface area contributed by atoms with Crippen molar-refractivity contribution in [2.45, 2.75) is 33.2 Å². The smallest absolute Gasteiger partial charge is 0.144 e. The normalized spacial score (nSPS) is 24.7. The summed E-state index contributed by atoms with van der Waals surface area (Å²) >= 11 is 0. The lowest BCUT2D eigenvalue weighted by Gasteiger charge is -2.35. The molecule has 5 heteroatoms. The molecule has 0 bridgehead atoms. The molecule has 1 unspecified atom stereocenters. The SMILES string of the molecule is CC1COCCN1CCC(C)(C)C(N)=NO. The minimum atomic E-state index is -0.257. The number of hydrogen-bond donors (Lipinski definition) is 2. The van der Waals surface area contributed by atoms with Crippen molar-refractivity contribution in [2.24, 2.45) is 16.3 Å². The van der Waals surface area contributed by atoms with Gasteiger partial charge in [-0.25, -0.2) is 0 Å². The molecule has 0 saturated carbocycles. The molecule has 0 aliphatic carbocycles. The van der Waals surface area contributed by atoms with Gasteiger partial charge in [0.05, 0.1) is 13.2 Å². The van der Waals surface area contributed by atoms with Crippen molar-refractivity contribution in [3.8, 4) is 0 Å². The molecule has 94 valence electrons. The minimum Gasteiger partial charge on any atom is -0.409 e. The summed E-state index contributed by atoms with van der Waals surface area (Å²) < 4.78 is 5.38. The summed E-state index contributed by atoms with van der Waals surface area (Å²) in [4.78, 5) is 2.38. The molecular weight excluding hydrogens is 206 g/mol. The number of oxime groups is 1. The molecule has 0 aromatic heterocycles. The van der Waals surface area contributed by atoms with E-state index in [4.69, 9.17) is 15.7 Å². The van der Waals surface area contributed by atoms with Crippen molar-refractivity contribution in [1.82, 2.24) is 4.90 Å². The topological polar surface area (TPSA) is 71.1 Å². The largest absolute Gasteiger partial charge is 0.409 e. The van der Waals surface area contributed by atoms with Gasteiger partial charge in [-0.05, 0) is 19.9 Å². The highest BCUT2D eigenvalue weighted by molar-refractivity contribution is 5.85. The van der Waals surface area contributed by atoms with E-state index < -0.39 is 0 Å². The number of nitrogens with two attached hydrogens (primary N) is 1. The Morgan fingerprint density at radius 2 is 2.31 bits per heavy atom. The number of morpholine rings is 1. The number of rotatable bonds is 4. The molecule has 3 N–H and O–H groups in total. The average Bonchev–Trinajstić information content (AvgIpc) is 2.27. The van der Waals surface area contributed by atoms with E-state index in [0.717, 1.165) is 32.7 Å². The summed E-state index contributed by atoms with van der Waals surface area (Å²) in [6, 6.07) is 0.455. The van der Waals surface area contributed by atoms with Crippen LogP contribution in [0.2, 0.25) is 0 Å². The van der Waals surface area contributed by atoms with Gasteiger partial charge in [0, 0.05) is 18.0 Å². The fourth-order valence-corrected chi connectivity index (χ4v) is 1.78. The molecule has 0 spiro atoms. The predicted molar refractivity (Wildman–Crippen MR) is 63.7 cm³/mol. The summed E-state index contributed by atoms with van der Waals surface area (Å²) in [5, 5.41) is 11.8. The van der Waals surface area contributed by atoms with E-state index in [1.54, 1.807) is 0 Å².